The Balaban J connectivity index is 2.38. The molecule has 0 aliphatic carbocycles. The van der Waals surface area contributed by atoms with Crippen molar-refractivity contribution in [2.24, 2.45) is 13.0 Å². The number of aliphatic hydroxyl groups is 1. The molecule has 0 radical (unpaired) electrons. The molecule has 144 valence electrons. The molecule has 0 amide bonds. The molecule has 26 heavy (non-hydrogen) atoms. The monoisotopic (exact) mass is 383 g/mol. The van der Waals surface area contributed by atoms with Crippen molar-refractivity contribution in [2.75, 3.05) is 13.1 Å². The number of rotatable bonds is 7. The number of hydrogen-bond acceptors (Lipinski definition) is 4. The lowest BCUT2D eigenvalue weighted by atomic mass is 10.1. The first-order valence-electron chi connectivity index (χ1n) is 8.48. The Kier molecular flexibility index (Phi) is 6.21. The first kappa shape index (κ1) is 20.5. The van der Waals surface area contributed by atoms with E-state index in [0.29, 0.717) is 17.0 Å². The summed E-state index contributed by atoms with van der Waals surface area (Å²) in [6, 6.07) is 5.41. The molecule has 0 saturated carbocycles. The molecule has 0 aliphatic rings. The van der Waals surface area contributed by atoms with Crippen LogP contribution in [-0.4, -0.2) is 40.7 Å². The van der Waals surface area contributed by atoms with Crippen molar-refractivity contribution in [3.8, 4) is 0 Å². The van der Waals surface area contributed by atoms with E-state index in [1.807, 2.05) is 13.8 Å². The lowest BCUT2D eigenvalue weighted by Gasteiger charge is -2.26. The summed E-state index contributed by atoms with van der Waals surface area (Å²) in [7, 11) is -2.14. The third kappa shape index (κ3) is 4.31. The second-order valence-electron chi connectivity index (χ2n) is 6.91. The Hall–Kier alpha value is -1.77. The number of aliphatic hydroxyl groups excluding tert-OH is 1. The molecule has 1 N–H and O–H groups in total. The average molecular weight is 383 g/mol. The number of nitrogens with zero attached hydrogens (tertiary/aromatic N) is 3. The third-order valence-electron chi connectivity index (χ3n) is 4.24. The third-order valence-corrected chi connectivity index (χ3v) is 6.33. The molecule has 0 saturated heterocycles. The summed E-state index contributed by atoms with van der Waals surface area (Å²) in [6.45, 7) is 7.33. The van der Waals surface area contributed by atoms with E-state index in [-0.39, 0.29) is 23.9 Å². The number of aromatic nitrogens is 2. The minimum Gasteiger partial charge on any atom is -0.387 e. The highest BCUT2D eigenvalue weighted by Crippen LogP contribution is 2.26. The van der Waals surface area contributed by atoms with Crippen LogP contribution in [0, 0.1) is 25.6 Å². The molecule has 6 nitrogen and oxygen atoms in total. The van der Waals surface area contributed by atoms with E-state index in [0.717, 1.165) is 0 Å². The number of aryl methyl sites for hydroxylation is 2. The maximum absolute atomic E-state index is 13.2. The number of hydrogen-bond donors (Lipinski definition) is 1. The van der Waals surface area contributed by atoms with Crippen LogP contribution in [0.1, 0.15) is 36.9 Å². The van der Waals surface area contributed by atoms with Crippen LogP contribution < -0.4 is 0 Å². The second-order valence-corrected chi connectivity index (χ2v) is 8.78. The Labute approximate surface area is 154 Å². The Bertz CT molecular complexity index is 861. The van der Waals surface area contributed by atoms with Gasteiger partial charge in [-0.05, 0) is 37.5 Å². The van der Waals surface area contributed by atoms with E-state index in [9.17, 15) is 17.9 Å². The lowest BCUT2D eigenvalue weighted by Crippen LogP contribution is -2.38. The van der Waals surface area contributed by atoms with Crippen LogP contribution in [0.2, 0.25) is 0 Å². The lowest BCUT2D eigenvalue weighted by molar-refractivity contribution is 0.143. The van der Waals surface area contributed by atoms with Crippen molar-refractivity contribution in [1.29, 1.82) is 0 Å². The zero-order valence-electron chi connectivity index (χ0n) is 15.8. The van der Waals surface area contributed by atoms with Crippen LogP contribution in [0.3, 0.4) is 0 Å². The van der Waals surface area contributed by atoms with Crippen LogP contribution in [0.5, 0.6) is 0 Å². The van der Waals surface area contributed by atoms with Gasteiger partial charge in [0.2, 0.25) is 10.0 Å². The molecule has 1 atom stereocenters. The van der Waals surface area contributed by atoms with Gasteiger partial charge in [-0.1, -0.05) is 26.0 Å². The second kappa shape index (κ2) is 7.85. The van der Waals surface area contributed by atoms with Crippen LogP contribution in [0.15, 0.2) is 29.2 Å². The minimum absolute atomic E-state index is 0.0717. The first-order chi connectivity index (χ1) is 12.0. The summed E-state index contributed by atoms with van der Waals surface area (Å²) in [6.07, 6.45) is -1.05. The molecule has 1 heterocycles. The maximum atomic E-state index is 13.2. The Morgan fingerprint density at radius 3 is 2.23 bits per heavy atom. The zero-order valence-corrected chi connectivity index (χ0v) is 16.6. The molecule has 0 fully saturated rings. The zero-order chi connectivity index (χ0) is 19.6. The van der Waals surface area contributed by atoms with Gasteiger partial charge in [0.15, 0.2) is 0 Å². The summed E-state index contributed by atoms with van der Waals surface area (Å²) in [4.78, 5) is 0.173. The Morgan fingerprint density at radius 1 is 1.19 bits per heavy atom. The molecule has 1 aromatic carbocycles. The Morgan fingerprint density at radius 2 is 1.77 bits per heavy atom. The number of benzene rings is 1. The van der Waals surface area contributed by atoms with Crippen molar-refractivity contribution < 1.29 is 17.9 Å². The van der Waals surface area contributed by atoms with Crippen molar-refractivity contribution in [2.45, 2.75) is 38.7 Å². The summed E-state index contributed by atoms with van der Waals surface area (Å²) in [5, 5.41) is 14.7. The van der Waals surface area contributed by atoms with Crippen molar-refractivity contribution in [3.05, 3.63) is 47.0 Å². The van der Waals surface area contributed by atoms with Crippen LogP contribution in [-0.2, 0) is 17.1 Å². The molecule has 0 bridgehead atoms. The molecule has 2 aromatic rings. The highest BCUT2D eigenvalue weighted by Gasteiger charge is 2.32. The van der Waals surface area contributed by atoms with Gasteiger partial charge >= 0.3 is 0 Å². The van der Waals surface area contributed by atoms with E-state index < -0.39 is 21.9 Å². The fourth-order valence-corrected chi connectivity index (χ4v) is 4.93. The van der Waals surface area contributed by atoms with E-state index in [2.05, 4.69) is 5.10 Å². The first-order valence-corrected chi connectivity index (χ1v) is 9.92. The fourth-order valence-electron chi connectivity index (χ4n) is 2.92. The molecule has 0 aliphatic heterocycles. The molecular weight excluding hydrogens is 357 g/mol. The molecule has 0 spiro atoms. The fraction of sp³-hybridized carbons (Fsp3) is 0.500. The van der Waals surface area contributed by atoms with E-state index in [4.69, 9.17) is 0 Å². The smallest absolute Gasteiger partial charge is 0.246 e. The topological polar surface area (TPSA) is 75.4 Å². The van der Waals surface area contributed by atoms with Gasteiger partial charge < -0.3 is 5.11 Å². The molecule has 1 unspecified atom stereocenters. The van der Waals surface area contributed by atoms with Gasteiger partial charge in [0.1, 0.15) is 10.7 Å². The number of sulfonamides is 1. The molecule has 2 rings (SSSR count). The van der Waals surface area contributed by atoms with Crippen LogP contribution in [0.25, 0.3) is 0 Å². The van der Waals surface area contributed by atoms with Crippen molar-refractivity contribution >= 4 is 10.0 Å². The minimum atomic E-state index is -3.83. The summed E-state index contributed by atoms with van der Waals surface area (Å²) >= 11 is 0. The molecule has 1 aromatic heterocycles. The van der Waals surface area contributed by atoms with Gasteiger partial charge in [0, 0.05) is 20.1 Å². The largest absolute Gasteiger partial charge is 0.387 e. The maximum Gasteiger partial charge on any atom is 0.246 e. The van der Waals surface area contributed by atoms with Gasteiger partial charge in [-0.3, -0.25) is 4.68 Å². The van der Waals surface area contributed by atoms with Gasteiger partial charge in [0.05, 0.1) is 17.5 Å². The van der Waals surface area contributed by atoms with Gasteiger partial charge in [0.25, 0.3) is 0 Å². The van der Waals surface area contributed by atoms with Crippen LogP contribution >= 0.6 is 0 Å². The highest BCUT2D eigenvalue weighted by atomic mass is 32.2. The molecule has 8 heteroatoms. The van der Waals surface area contributed by atoms with E-state index in [1.165, 1.54) is 33.3 Å². The summed E-state index contributed by atoms with van der Waals surface area (Å²) in [5.41, 5.74) is 1.44. The van der Waals surface area contributed by atoms with Gasteiger partial charge in [-0.25, -0.2) is 12.8 Å². The van der Waals surface area contributed by atoms with Crippen molar-refractivity contribution in [1.82, 2.24) is 14.1 Å². The van der Waals surface area contributed by atoms with Crippen molar-refractivity contribution in [3.63, 3.8) is 0 Å². The SMILES string of the molecule is Cc1nn(C)c(C)c1S(=O)(=O)N(CC(C)C)CC(O)c1ccc(F)cc1. The highest BCUT2D eigenvalue weighted by molar-refractivity contribution is 7.89. The quantitative estimate of drug-likeness (QED) is 0.797. The predicted octanol–water partition coefficient (Wildman–Crippen LogP) is 2.56. The predicted molar refractivity (Wildman–Crippen MR) is 97.6 cm³/mol. The van der Waals surface area contributed by atoms with Crippen LogP contribution in [0.4, 0.5) is 4.39 Å². The summed E-state index contributed by atoms with van der Waals surface area (Å²) in [5.74, 6) is -0.336. The standard InChI is InChI=1S/C18H26FN3O3S/c1-12(2)10-22(11-17(23)15-6-8-16(19)9-7-15)26(24,25)18-13(3)20-21(5)14(18)4/h6-9,12,17,23H,10-11H2,1-5H3. The molecular formula is C18H26FN3O3S. The van der Waals surface area contributed by atoms with E-state index >= 15 is 0 Å². The van der Waals surface area contributed by atoms with Gasteiger partial charge in [-0.15, -0.1) is 0 Å². The normalized spacial score (nSPS) is 13.6. The van der Waals surface area contributed by atoms with Gasteiger partial charge in [-0.2, -0.15) is 9.40 Å². The average Bonchev–Trinajstić information content (AvgIpc) is 2.79. The summed E-state index contributed by atoms with van der Waals surface area (Å²) < 4.78 is 42.4. The number of halogens is 1. The van der Waals surface area contributed by atoms with E-state index in [1.54, 1.807) is 20.9 Å².